The lowest BCUT2D eigenvalue weighted by atomic mass is 9.88. The molecule has 0 bridgehead atoms. The van der Waals surface area contributed by atoms with E-state index in [1.54, 1.807) is 19.0 Å². The molecule has 1 aromatic carbocycles. The van der Waals surface area contributed by atoms with Crippen molar-refractivity contribution in [1.29, 1.82) is 0 Å². The van der Waals surface area contributed by atoms with E-state index in [2.05, 4.69) is 31.6 Å². The molecule has 5 rings (SSSR count). The number of hydrogen-bond donors (Lipinski definition) is 4. The first-order chi connectivity index (χ1) is 15.9. The van der Waals surface area contributed by atoms with Gasteiger partial charge in [0, 0.05) is 25.4 Å². The van der Waals surface area contributed by atoms with E-state index in [1.807, 2.05) is 32.0 Å². The Morgan fingerprint density at radius 3 is 2.61 bits per heavy atom. The average Bonchev–Trinajstić information content (AvgIpc) is 3.53. The van der Waals surface area contributed by atoms with Crippen LogP contribution in [0.15, 0.2) is 18.2 Å². The number of aromatic nitrogens is 3. The molecule has 3 heterocycles. The van der Waals surface area contributed by atoms with Crippen molar-refractivity contribution >= 4 is 17.5 Å². The number of aryl methyl sites for hydroxylation is 2. The normalized spacial score (nSPS) is 26.8. The first-order valence-corrected chi connectivity index (χ1v) is 11.3. The molecule has 2 saturated heterocycles. The number of methoxy groups -OCH3 is 1. The van der Waals surface area contributed by atoms with E-state index >= 15 is 0 Å². The predicted molar refractivity (Wildman–Crippen MR) is 120 cm³/mol. The monoisotopic (exact) mass is 454 g/mol. The Balaban J connectivity index is 1.43. The van der Waals surface area contributed by atoms with Gasteiger partial charge in [-0.1, -0.05) is 6.07 Å². The van der Waals surface area contributed by atoms with Crippen LogP contribution in [0.3, 0.4) is 0 Å². The number of hydrazine groups is 1. The van der Waals surface area contributed by atoms with Gasteiger partial charge in [-0.05, 0) is 38.8 Å². The molecule has 11 nitrogen and oxygen atoms in total. The maximum atomic E-state index is 12.9. The number of carbonyl (C=O) groups excluding carboxylic acids is 2. The van der Waals surface area contributed by atoms with Gasteiger partial charge in [-0.2, -0.15) is 10.2 Å². The number of anilines is 1. The number of hydrogen-bond acceptors (Lipinski definition) is 8. The zero-order chi connectivity index (χ0) is 23.3. The number of nitrogens with zero attached hydrogens (tertiary/aromatic N) is 4. The number of carbonyl (C=O) groups is 2. The minimum atomic E-state index is -0.343. The van der Waals surface area contributed by atoms with E-state index in [-0.39, 0.29) is 42.0 Å². The fourth-order valence-electron chi connectivity index (χ4n) is 4.60. The van der Waals surface area contributed by atoms with Crippen molar-refractivity contribution in [3.05, 3.63) is 29.6 Å². The van der Waals surface area contributed by atoms with E-state index < -0.39 is 0 Å². The molecule has 1 aromatic heterocycles. The summed E-state index contributed by atoms with van der Waals surface area (Å²) in [7, 11) is 3.32. The van der Waals surface area contributed by atoms with Gasteiger partial charge < -0.3 is 15.4 Å². The summed E-state index contributed by atoms with van der Waals surface area (Å²) in [6.07, 6.45) is 1.89. The van der Waals surface area contributed by atoms with Gasteiger partial charge in [0.1, 0.15) is 5.69 Å². The number of piperidine rings is 1. The van der Waals surface area contributed by atoms with Crippen LogP contribution >= 0.6 is 0 Å². The van der Waals surface area contributed by atoms with Crippen molar-refractivity contribution < 1.29 is 14.3 Å². The Morgan fingerprint density at radius 2 is 1.94 bits per heavy atom. The summed E-state index contributed by atoms with van der Waals surface area (Å²) >= 11 is 0. The van der Waals surface area contributed by atoms with Crippen molar-refractivity contribution in [3.63, 3.8) is 0 Å². The fraction of sp³-hybridized carbons (Fsp3) is 0.545. The van der Waals surface area contributed by atoms with Crippen molar-refractivity contribution in [3.8, 4) is 11.4 Å². The minimum absolute atomic E-state index is 0.00733. The molecule has 0 spiro atoms. The third-order valence-corrected chi connectivity index (χ3v) is 6.64. The number of para-hydroxylation sites is 1. The molecule has 2 aliphatic heterocycles. The summed E-state index contributed by atoms with van der Waals surface area (Å²) in [6.45, 7) is 3.82. The van der Waals surface area contributed by atoms with Crippen LogP contribution in [0.1, 0.15) is 30.7 Å². The lowest BCUT2D eigenvalue weighted by Crippen LogP contribution is -2.63. The maximum Gasteiger partial charge on any atom is 0.244 e. The van der Waals surface area contributed by atoms with E-state index in [4.69, 9.17) is 4.74 Å². The smallest absolute Gasteiger partial charge is 0.244 e. The SMILES string of the molecule is COc1c(NC2CC(NC(=O)C3CC3)NC3NN(C)C(=O)C23)cccc1-n1nc(C)c(C)n1. The standard InChI is InChI=1S/C22H30N8O3/c1-11-12(2)27-30(26-11)16-7-5-6-14(19(16)33-4)23-15-10-17(25-21(31)13-8-9-13)24-20-18(15)22(32)29(3)28-20/h5-7,13,15,17-18,20,23-24,28H,8-10H2,1-4H3,(H,25,31). The van der Waals surface area contributed by atoms with Crippen molar-refractivity contribution in [2.24, 2.45) is 11.8 Å². The zero-order valence-corrected chi connectivity index (χ0v) is 19.3. The van der Waals surface area contributed by atoms with Crippen LogP contribution in [0.4, 0.5) is 5.69 Å². The summed E-state index contributed by atoms with van der Waals surface area (Å²) < 4.78 is 5.75. The molecule has 1 aliphatic carbocycles. The third-order valence-electron chi connectivity index (χ3n) is 6.64. The molecule has 1 saturated carbocycles. The number of benzene rings is 1. The summed E-state index contributed by atoms with van der Waals surface area (Å²) in [4.78, 5) is 26.9. The number of nitrogens with one attached hydrogen (secondary N) is 4. The summed E-state index contributed by atoms with van der Waals surface area (Å²) in [5.74, 6) is 0.421. The highest BCUT2D eigenvalue weighted by Gasteiger charge is 2.49. The Bertz CT molecular complexity index is 1060. The van der Waals surface area contributed by atoms with Crippen LogP contribution in [-0.4, -0.2) is 64.3 Å². The van der Waals surface area contributed by atoms with Gasteiger partial charge in [-0.25, -0.2) is 5.43 Å². The van der Waals surface area contributed by atoms with Gasteiger partial charge in [0.05, 0.1) is 42.4 Å². The van der Waals surface area contributed by atoms with Crippen LogP contribution in [0.25, 0.3) is 5.69 Å². The molecular formula is C22H30N8O3. The van der Waals surface area contributed by atoms with Crippen molar-refractivity contribution in [1.82, 2.24) is 36.1 Å². The maximum absolute atomic E-state index is 12.9. The first-order valence-electron chi connectivity index (χ1n) is 11.3. The van der Waals surface area contributed by atoms with Crippen molar-refractivity contribution in [2.45, 2.75) is 51.5 Å². The highest BCUT2D eigenvalue weighted by atomic mass is 16.5. The molecule has 33 heavy (non-hydrogen) atoms. The summed E-state index contributed by atoms with van der Waals surface area (Å²) in [5, 5.41) is 20.5. The number of ether oxygens (including phenoxy) is 1. The average molecular weight is 455 g/mol. The molecule has 11 heteroatoms. The second-order valence-corrected chi connectivity index (χ2v) is 9.04. The van der Waals surface area contributed by atoms with Gasteiger partial charge in [0.15, 0.2) is 5.75 Å². The summed E-state index contributed by atoms with van der Waals surface area (Å²) in [5.41, 5.74) is 6.30. The van der Waals surface area contributed by atoms with Gasteiger partial charge in [-0.15, -0.1) is 4.80 Å². The van der Waals surface area contributed by atoms with E-state index in [0.717, 1.165) is 29.9 Å². The number of fused-ring (bicyclic) bond motifs is 1. The van der Waals surface area contributed by atoms with E-state index in [0.29, 0.717) is 17.9 Å². The quantitative estimate of drug-likeness (QED) is 0.496. The Labute approximate surface area is 192 Å². The first kappa shape index (κ1) is 21.7. The predicted octanol–water partition coefficient (Wildman–Crippen LogP) is 0.438. The second kappa shape index (κ2) is 8.31. The van der Waals surface area contributed by atoms with Gasteiger partial charge in [-0.3, -0.25) is 19.9 Å². The fourth-order valence-corrected chi connectivity index (χ4v) is 4.60. The van der Waals surface area contributed by atoms with Crippen LogP contribution in [0.5, 0.6) is 5.75 Å². The number of rotatable bonds is 6. The molecule has 2 amide bonds. The Hall–Kier alpha value is -3.18. The second-order valence-electron chi connectivity index (χ2n) is 9.04. The molecule has 3 aliphatic rings. The van der Waals surface area contributed by atoms with E-state index in [9.17, 15) is 9.59 Å². The molecule has 2 aromatic rings. The lowest BCUT2D eigenvalue weighted by Gasteiger charge is -2.38. The Kier molecular flexibility index (Phi) is 5.45. The molecule has 4 unspecified atom stereocenters. The highest BCUT2D eigenvalue weighted by molar-refractivity contribution is 5.83. The molecule has 4 N–H and O–H groups in total. The molecule has 4 atom stereocenters. The van der Waals surface area contributed by atoms with Crippen molar-refractivity contribution in [2.75, 3.05) is 19.5 Å². The largest absolute Gasteiger partial charge is 0.492 e. The number of amides is 2. The van der Waals surface area contributed by atoms with Crippen LogP contribution in [-0.2, 0) is 9.59 Å². The van der Waals surface area contributed by atoms with Crippen LogP contribution in [0.2, 0.25) is 0 Å². The zero-order valence-electron chi connectivity index (χ0n) is 19.3. The molecule has 176 valence electrons. The minimum Gasteiger partial charge on any atom is -0.492 e. The molecule has 0 radical (unpaired) electrons. The van der Waals surface area contributed by atoms with Gasteiger partial charge >= 0.3 is 0 Å². The highest BCUT2D eigenvalue weighted by Crippen LogP contribution is 2.35. The summed E-state index contributed by atoms with van der Waals surface area (Å²) in [6, 6.07) is 5.48. The van der Waals surface area contributed by atoms with E-state index in [1.165, 1.54) is 5.01 Å². The van der Waals surface area contributed by atoms with Crippen LogP contribution < -0.4 is 26.1 Å². The van der Waals surface area contributed by atoms with Gasteiger partial charge in [0.25, 0.3) is 0 Å². The molecule has 3 fully saturated rings. The topological polar surface area (TPSA) is 125 Å². The molecular weight excluding hydrogens is 424 g/mol. The van der Waals surface area contributed by atoms with Gasteiger partial charge in [0.2, 0.25) is 11.8 Å². The third kappa shape index (κ3) is 4.02. The lowest BCUT2D eigenvalue weighted by molar-refractivity contribution is -0.131. The Morgan fingerprint density at radius 1 is 1.21 bits per heavy atom. The van der Waals surface area contributed by atoms with Crippen LogP contribution in [0, 0.1) is 25.7 Å².